The predicted octanol–water partition coefficient (Wildman–Crippen LogP) is 3.64. The summed E-state index contributed by atoms with van der Waals surface area (Å²) in [4.78, 5) is 13.9. The van der Waals surface area contributed by atoms with Gasteiger partial charge in [-0.3, -0.25) is 4.79 Å². The molecule has 7 nitrogen and oxygen atoms in total. The molecular weight excluding hydrogens is 420 g/mol. The van der Waals surface area contributed by atoms with Gasteiger partial charge in [-0.15, -0.1) is 11.3 Å². The van der Waals surface area contributed by atoms with Gasteiger partial charge in [0.05, 0.1) is 21.9 Å². The third-order valence-electron chi connectivity index (χ3n) is 4.31. The van der Waals surface area contributed by atoms with Crippen molar-refractivity contribution in [2.24, 2.45) is 5.14 Å². The van der Waals surface area contributed by atoms with Crippen LogP contribution in [-0.2, 0) is 15.8 Å². The normalized spacial score (nSPS) is 11.4. The van der Waals surface area contributed by atoms with Gasteiger partial charge in [-0.25, -0.2) is 18.2 Å². The standard InChI is InChI=1S/C21H18N4O3S2/c22-30(27,28)14-15-8-10-16(11-9-15)23-21(26)18-13-25(17-5-2-1-3-6-17)24-20(18)19-7-4-12-29-19/h1-13H,14H2,(H,23,26)(H2,22,27,28). The lowest BCUT2D eigenvalue weighted by Gasteiger charge is -2.06. The largest absolute Gasteiger partial charge is 0.322 e. The molecule has 2 heterocycles. The fraction of sp³-hybridized carbons (Fsp3) is 0.0476. The number of anilines is 1. The van der Waals surface area contributed by atoms with E-state index >= 15 is 0 Å². The number of thiophene rings is 1. The minimum absolute atomic E-state index is 0.256. The van der Waals surface area contributed by atoms with Gasteiger partial charge in [-0.1, -0.05) is 36.4 Å². The fourth-order valence-electron chi connectivity index (χ4n) is 2.96. The number of carbonyl (C=O) groups excluding carboxylic acids is 1. The lowest BCUT2D eigenvalue weighted by molar-refractivity contribution is 0.102. The molecule has 4 aromatic rings. The average Bonchev–Trinajstić information content (AvgIpc) is 3.39. The summed E-state index contributed by atoms with van der Waals surface area (Å²) in [5, 5.41) is 14.5. The van der Waals surface area contributed by atoms with Crippen molar-refractivity contribution in [1.82, 2.24) is 9.78 Å². The van der Waals surface area contributed by atoms with Crippen LogP contribution in [0.15, 0.2) is 78.3 Å². The molecule has 152 valence electrons. The Morgan fingerprint density at radius 2 is 1.77 bits per heavy atom. The highest BCUT2D eigenvalue weighted by Crippen LogP contribution is 2.28. The molecule has 0 bridgehead atoms. The van der Waals surface area contributed by atoms with Gasteiger partial charge in [-0.05, 0) is 41.3 Å². The molecule has 30 heavy (non-hydrogen) atoms. The van der Waals surface area contributed by atoms with Gasteiger partial charge in [0, 0.05) is 11.9 Å². The van der Waals surface area contributed by atoms with Crippen molar-refractivity contribution in [3.8, 4) is 16.3 Å². The molecule has 0 unspecified atom stereocenters. The molecular formula is C21H18N4O3S2. The first kappa shape index (κ1) is 20.0. The Morgan fingerprint density at radius 1 is 1.03 bits per heavy atom. The Bertz CT molecular complexity index is 1260. The van der Waals surface area contributed by atoms with Gasteiger partial charge in [0.15, 0.2) is 0 Å². The van der Waals surface area contributed by atoms with Crippen LogP contribution >= 0.6 is 11.3 Å². The van der Waals surface area contributed by atoms with Crippen molar-refractivity contribution >= 4 is 33.0 Å². The Balaban J connectivity index is 1.62. The highest BCUT2D eigenvalue weighted by molar-refractivity contribution is 7.88. The van der Waals surface area contributed by atoms with Crippen molar-refractivity contribution in [1.29, 1.82) is 0 Å². The Morgan fingerprint density at radius 3 is 2.40 bits per heavy atom. The minimum Gasteiger partial charge on any atom is -0.322 e. The zero-order chi connectivity index (χ0) is 21.1. The van der Waals surface area contributed by atoms with E-state index in [4.69, 9.17) is 5.14 Å². The molecule has 0 aliphatic rings. The van der Waals surface area contributed by atoms with E-state index in [9.17, 15) is 13.2 Å². The summed E-state index contributed by atoms with van der Waals surface area (Å²) in [6.45, 7) is 0. The molecule has 0 radical (unpaired) electrons. The van der Waals surface area contributed by atoms with E-state index in [1.807, 2.05) is 47.8 Å². The second-order valence-corrected chi connectivity index (χ2v) is 9.17. The summed E-state index contributed by atoms with van der Waals surface area (Å²) in [5.41, 5.74) is 2.98. The fourth-order valence-corrected chi connectivity index (χ4v) is 4.34. The van der Waals surface area contributed by atoms with Crippen molar-refractivity contribution < 1.29 is 13.2 Å². The summed E-state index contributed by atoms with van der Waals surface area (Å²) in [6, 6.07) is 19.9. The van der Waals surface area contributed by atoms with Gasteiger partial charge < -0.3 is 5.32 Å². The number of rotatable bonds is 6. The zero-order valence-corrected chi connectivity index (χ0v) is 17.4. The van der Waals surface area contributed by atoms with Crippen LogP contribution < -0.4 is 10.5 Å². The second-order valence-electron chi connectivity index (χ2n) is 6.61. The number of hydrogen-bond donors (Lipinski definition) is 2. The van der Waals surface area contributed by atoms with E-state index in [2.05, 4.69) is 10.4 Å². The Labute approximate surface area is 177 Å². The van der Waals surface area contributed by atoms with Crippen molar-refractivity contribution in [3.05, 3.63) is 89.4 Å². The molecule has 2 aromatic carbocycles. The highest BCUT2D eigenvalue weighted by Gasteiger charge is 2.19. The van der Waals surface area contributed by atoms with Gasteiger partial charge in [0.2, 0.25) is 10.0 Å². The number of sulfonamides is 1. The van der Waals surface area contributed by atoms with Crippen molar-refractivity contribution in [3.63, 3.8) is 0 Å². The molecule has 4 rings (SSSR count). The van der Waals surface area contributed by atoms with Crippen LogP contribution in [0, 0.1) is 0 Å². The molecule has 1 amide bonds. The van der Waals surface area contributed by atoms with Crippen LogP contribution in [0.25, 0.3) is 16.3 Å². The number of para-hydroxylation sites is 1. The first-order valence-corrected chi connectivity index (χ1v) is 11.6. The smallest absolute Gasteiger partial charge is 0.259 e. The molecule has 0 aliphatic carbocycles. The Hall–Kier alpha value is -3.27. The van der Waals surface area contributed by atoms with Crippen LogP contribution in [0.4, 0.5) is 5.69 Å². The number of aromatic nitrogens is 2. The average molecular weight is 439 g/mol. The molecule has 3 N–H and O–H groups in total. The topological polar surface area (TPSA) is 107 Å². The SMILES string of the molecule is NS(=O)(=O)Cc1ccc(NC(=O)c2cn(-c3ccccc3)nc2-c2cccs2)cc1. The lowest BCUT2D eigenvalue weighted by Crippen LogP contribution is -2.15. The maximum Gasteiger partial charge on any atom is 0.259 e. The van der Waals surface area contributed by atoms with Crippen LogP contribution in [0.2, 0.25) is 0 Å². The van der Waals surface area contributed by atoms with Gasteiger partial charge >= 0.3 is 0 Å². The lowest BCUT2D eigenvalue weighted by atomic mass is 10.2. The second kappa shape index (κ2) is 8.23. The monoisotopic (exact) mass is 438 g/mol. The summed E-state index contributed by atoms with van der Waals surface area (Å²) >= 11 is 1.51. The molecule has 9 heteroatoms. The van der Waals surface area contributed by atoms with E-state index in [0.29, 0.717) is 22.5 Å². The number of nitrogens with two attached hydrogens (primary N) is 1. The van der Waals surface area contributed by atoms with Crippen molar-refractivity contribution in [2.75, 3.05) is 5.32 Å². The molecule has 0 aliphatic heterocycles. The molecule has 0 atom stereocenters. The van der Waals surface area contributed by atoms with Crippen LogP contribution in [-0.4, -0.2) is 24.1 Å². The third-order valence-corrected chi connectivity index (χ3v) is 5.93. The van der Waals surface area contributed by atoms with Crippen LogP contribution in [0.3, 0.4) is 0 Å². The quantitative estimate of drug-likeness (QED) is 0.479. The predicted molar refractivity (Wildman–Crippen MR) is 118 cm³/mol. The molecule has 0 spiro atoms. The summed E-state index contributed by atoms with van der Waals surface area (Å²) < 4.78 is 24.1. The van der Waals surface area contributed by atoms with E-state index in [1.165, 1.54) is 11.3 Å². The van der Waals surface area contributed by atoms with E-state index in [1.54, 1.807) is 35.1 Å². The zero-order valence-electron chi connectivity index (χ0n) is 15.7. The summed E-state index contributed by atoms with van der Waals surface area (Å²) in [7, 11) is -3.61. The maximum absolute atomic E-state index is 13.0. The number of hydrogen-bond acceptors (Lipinski definition) is 5. The van der Waals surface area contributed by atoms with Gasteiger partial charge in [-0.2, -0.15) is 5.10 Å². The van der Waals surface area contributed by atoms with E-state index in [-0.39, 0.29) is 11.7 Å². The highest BCUT2D eigenvalue weighted by atomic mass is 32.2. The third kappa shape index (κ3) is 4.65. The van der Waals surface area contributed by atoms with Gasteiger partial charge in [0.25, 0.3) is 5.91 Å². The Kier molecular flexibility index (Phi) is 5.49. The number of carbonyl (C=O) groups is 1. The van der Waals surface area contributed by atoms with Crippen LogP contribution in [0.5, 0.6) is 0 Å². The van der Waals surface area contributed by atoms with Gasteiger partial charge in [0.1, 0.15) is 5.69 Å². The maximum atomic E-state index is 13.0. The first-order chi connectivity index (χ1) is 14.4. The molecule has 0 saturated heterocycles. The molecule has 0 saturated carbocycles. The minimum atomic E-state index is -3.61. The summed E-state index contributed by atoms with van der Waals surface area (Å²) in [6.07, 6.45) is 1.70. The van der Waals surface area contributed by atoms with Crippen molar-refractivity contribution in [2.45, 2.75) is 5.75 Å². The number of benzene rings is 2. The number of amides is 1. The number of primary sulfonamides is 1. The number of nitrogens with zero attached hydrogens (tertiary/aromatic N) is 2. The molecule has 0 fully saturated rings. The molecule has 2 aromatic heterocycles. The van der Waals surface area contributed by atoms with E-state index in [0.717, 1.165) is 10.6 Å². The summed E-state index contributed by atoms with van der Waals surface area (Å²) in [5.74, 6) is -0.562. The first-order valence-electron chi connectivity index (χ1n) is 8.99. The number of nitrogens with one attached hydrogen (secondary N) is 1. The van der Waals surface area contributed by atoms with E-state index < -0.39 is 10.0 Å². The van der Waals surface area contributed by atoms with Crippen LogP contribution in [0.1, 0.15) is 15.9 Å².